The number of phenols is 1. The second-order valence-electron chi connectivity index (χ2n) is 10.5. The highest BCUT2D eigenvalue weighted by Gasteiger charge is 2.31. The van der Waals surface area contributed by atoms with E-state index in [2.05, 4.69) is 20.5 Å². The minimum absolute atomic E-state index is 0. The van der Waals surface area contributed by atoms with Crippen LogP contribution in [0.1, 0.15) is 55.8 Å². The summed E-state index contributed by atoms with van der Waals surface area (Å²) in [5.41, 5.74) is 3.09. The van der Waals surface area contributed by atoms with Gasteiger partial charge in [-0.15, -0.1) is 12.4 Å². The minimum Gasteiger partial charge on any atom is -0.504 e. The summed E-state index contributed by atoms with van der Waals surface area (Å²) >= 11 is 6.01. The van der Waals surface area contributed by atoms with Gasteiger partial charge in [-0.05, 0) is 94.4 Å². The number of aromatic hydroxyl groups is 1. The predicted molar refractivity (Wildman–Crippen MR) is 155 cm³/mol. The highest BCUT2D eigenvalue weighted by molar-refractivity contribution is 6.32. The van der Waals surface area contributed by atoms with Crippen molar-refractivity contribution in [2.75, 3.05) is 18.9 Å². The third-order valence-corrected chi connectivity index (χ3v) is 8.13. The van der Waals surface area contributed by atoms with Gasteiger partial charge in [0.15, 0.2) is 17.3 Å². The van der Waals surface area contributed by atoms with Crippen LogP contribution in [0.3, 0.4) is 0 Å². The number of hydrogen-bond donors (Lipinski definition) is 3. The van der Waals surface area contributed by atoms with E-state index >= 15 is 0 Å². The number of rotatable bonds is 6. The van der Waals surface area contributed by atoms with Crippen LogP contribution in [0.25, 0.3) is 22.0 Å². The number of amides is 1. The summed E-state index contributed by atoms with van der Waals surface area (Å²) in [6.07, 6.45) is 6.97. The number of phenolic OH excluding ortho intramolecular Hbond substituents is 1. The molecule has 0 spiro atoms. The summed E-state index contributed by atoms with van der Waals surface area (Å²) in [6.45, 7) is 2.48. The van der Waals surface area contributed by atoms with Crippen LogP contribution in [0, 0.1) is 5.82 Å². The molecule has 3 N–H and O–H groups in total. The van der Waals surface area contributed by atoms with Crippen molar-refractivity contribution in [3.05, 3.63) is 52.9 Å². The summed E-state index contributed by atoms with van der Waals surface area (Å²) in [7, 11) is 2.00. The topological polar surface area (TPSA) is 94.6 Å². The number of anilines is 1. The molecule has 1 unspecified atom stereocenters. The molecule has 2 aliphatic rings. The first kappa shape index (κ1) is 29.1. The van der Waals surface area contributed by atoms with Crippen molar-refractivity contribution < 1.29 is 19.1 Å². The zero-order valence-corrected chi connectivity index (χ0v) is 23.5. The van der Waals surface area contributed by atoms with Gasteiger partial charge in [0.25, 0.3) is 0 Å². The standard InChI is InChI=1S/C29H32ClFN4O3.ClH/c1-16(36)22-15-32-25-10-5-17(18-13-23(30)28(37)24(31)14-18)12-21(25)27(22)33-19-6-8-20(9-7-19)34-29(38)26-4-3-11-35(26)2;/h5,10,12-15,19-20,26,37H,3-4,6-9,11H2,1-2H3,(H,32,33)(H,34,38);1H/t19-,20-,26?;. The highest BCUT2D eigenvalue weighted by Crippen LogP contribution is 2.36. The number of carbonyl (C=O) groups excluding carboxylic acids is 2. The van der Waals surface area contributed by atoms with Gasteiger partial charge in [0.2, 0.25) is 5.91 Å². The normalized spacial score (nSPS) is 21.4. The van der Waals surface area contributed by atoms with E-state index in [-0.39, 0.29) is 47.2 Å². The number of aromatic nitrogens is 1. The van der Waals surface area contributed by atoms with E-state index in [0.717, 1.165) is 50.5 Å². The van der Waals surface area contributed by atoms with E-state index in [4.69, 9.17) is 11.6 Å². The van der Waals surface area contributed by atoms with E-state index in [9.17, 15) is 19.1 Å². The molecule has 208 valence electrons. The Morgan fingerprint density at radius 3 is 2.44 bits per heavy atom. The molecular weight excluding hydrogens is 542 g/mol. The number of halogens is 3. The maximum atomic E-state index is 14.2. The van der Waals surface area contributed by atoms with Gasteiger partial charge in [-0.1, -0.05) is 17.7 Å². The van der Waals surface area contributed by atoms with E-state index < -0.39 is 11.6 Å². The Kier molecular flexibility index (Phi) is 8.99. The van der Waals surface area contributed by atoms with Gasteiger partial charge in [-0.2, -0.15) is 0 Å². The molecule has 1 aromatic heterocycles. The molecule has 0 bridgehead atoms. The smallest absolute Gasteiger partial charge is 0.237 e. The number of hydrogen-bond acceptors (Lipinski definition) is 6. The number of benzene rings is 2. The Balaban J connectivity index is 0.00000353. The molecule has 5 rings (SSSR count). The molecule has 1 atom stereocenters. The van der Waals surface area contributed by atoms with Gasteiger partial charge in [0.05, 0.1) is 27.8 Å². The molecule has 2 fully saturated rings. The lowest BCUT2D eigenvalue weighted by Gasteiger charge is -2.32. The average molecular weight is 576 g/mol. The maximum Gasteiger partial charge on any atom is 0.237 e. The van der Waals surface area contributed by atoms with Crippen molar-refractivity contribution in [3.63, 3.8) is 0 Å². The molecule has 1 amide bonds. The lowest BCUT2D eigenvalue weighted by molar-refractivity contribution is -0.126. The number of carbonyl (C=O) groups is 2. The first-order chi connectivity index (χ1) is 18.2. The van der Waals surface area contributed by atoms with Gasteiger partial charge in [-0.3, -0.25) is 19.5 Å². The Bertz CT molecular complexity index is 1370. The summed E-state index contributed by atoms with van der Waals surface area (Å²) in [4.78, 5) is 31.8. The first-order valence-corrected chi connectivity index (χ1v) is 13.5. The molecule has 1 saturated carbocycles. The van der Waals surface area contributed by atoms with Crippen LogP contribution < -0.4 is 10.6 Å². The van der Waals surface area contributed by atoms with Crippen LogP contribution in [-0.2, 0) is 4.79 Å². The largest absolute Gasteiger partial charge is 0.504 e. The lowest BCUT2D eigenvalue weighted by atomic mass is 9.90. The van der Waals surface area contributed by atoms with Gasteiger partial charge in [0.1, 0.15) is 0 Å². The fourth-order valence-corrected chi connectivity index (χ4v) is 5.86. The number of nitrogens with zero attached hydrogens (tertiary/aromatic N) is 2. The lowest BCUT2D eigenvalue weighted by Crippen LogP contribution is -2.47. The van der Waals surface area contributed by atoms with Crippen molar-refractivity contribution in [3.8, 4) is 16.9 Å². The fraction of sp³-hybridized carbons (Fsp3) is 0.414. The quantitative estimate of drug-likeness (QED) is 0.314. The van der Waals surface area contributed by atoms with Crippen LogP contribution in [0.2, 0.25) is 5.02 Å². The second kappa shape index (κ2) is 12.1. The molecule has 3 aromatic rings. The summed E-state index contributed by atoms with van der Waals surface area (Å²) in [5.74, 6) is -1.36. The third kappa shape index (κ3) is 6.13. The second-order valence-corrected chi connectivity index (χ2v) is 10.9. The van der Waals surface area contributed by atoms with Gasteiger partial charge in [0, 0.05) is 23.7 Å². The van der Waals surface area contributed by atoms with E-state index in [1.54, 1.807) is 6.20 Å². The van der Waals surface area contributed by atoms with Crippen LogP contribution in [-0.4, -0.2) is 58.4 Å². The van der Waals surface area contributed by atoms with Crippen molar-refractivity contribution >= 4 is 52.3 Å². The van der Waals surface area contributed by atoms with Crippen LogP contribution in [0.15, 0.2) is 36.5 Å². The minimum atomic E-state index is -0.801. The molecule has 1 aliphatic heterocycles. The Hall–Kier alpha value is -2.94. The van der Waals surface area contributed by atoms with E-state index in [1.807, 2.05) is 25.2 Å². The molecule has 39 heavy (non-hydrogen) atoms. The number of likely N-dealkylation sites (tertiary alicyclic amines) is 1. The molecule has 1 aliphatic carbocycles. The third-order valence-electron chi connectivity index (χ3n) is 7.84. The maximum absolute atomic E-state index is 14.2. The average Bonchev–Trinajstić information content (AvgIpc) is 3.33. The number of ketones is 1. The molecule has 0 radical (unpaired) electrons. The van der Waals surface area contributed by atoms with Crippen LogP contribution in [0.4, 0.5) is 10.1 Å². The van der Waals surface area contributed by atoms with Gasteiger partial charge in [-0.25, -0.2) is 4.39 Å². The first-order valence-electron chi connectivity index (χ1n) is 13.1. The van der Waals surface area contributed by atoms with Crippen molar-refractivity contribution in [2.24, 2.45) is 0 Å². The number of nitrogens with one attached hydrogen (secondary N) is 2. The number of likely N-dealkylation sites (N-methyl/N-ethyl adjacent to an activating group) is 1. The summed E-state index contributed by atoms with van der Waals surface area (Å²) in [5, 5.41) is 17.2. The van der Waals surface area contributed by atoms with Crippen LogP contribution >= 0.6 is 24.0 Å². The summed E-state index contributed by atoms with van der Waals surface area (Å²) in [6, 6.07) is 8.49. The fourth-order valence-electron chi connectivity index (χ4n) is 5.65. The van der Waals surface area contributed by atoms with Crippen LogP contribution in [0.5, 0.6) is 5.75 Å². The zero-order chi connectivity index (χ0) is 27.0. The molecule has 2 heterocycles. The molecular formula is C29H33Cl2FN4O3. The SMILES string of the molecule is CC(=O)c1cnc2ccc(-c3cc(F)c(O)c(Cl)c3)cc2c1N[C@H]1CC[C@H](NC(=O)C2CCCN2C)CC1.Cl. The molecule has 1 saturated heterocycles. The number of Topliss-reactive ketones (excluding diaryl/α,β-unsaturated/α-hetero) is 1. The summed E-state index contributed by atoms with van der Waals surface area (Å²) < 4.78 is 14.2. The number of fused-ring (bicyclic) bond motifs is 1. The Morgan fingerprint density at radius 1 is 1.08 bits per heavy atom. The monoisotopic (exact) mass is 574 g/mol. The predicted octanol–water partition coefficient (Wildman–Crippen LogP) is 5.96. The highest BCUT2D eigenvalue weighted by atomic mass is 35.5. The van der Waals surface area contributed by atoms with E-state index in [0.29, 0.717) is 27.9 Å². The Labute approximate surface area is 238 Å². The van der Waals surface area contributed by atoms with Crippen molar-refractivity contribution in [1.82, 2.24) is 15.2 Å². The van der Waals surface area contributed by atoms with E-state index in [1.165, 1.54) is 19.1 Å². The van der Waals surface area contributed by atoms with Gasteiger partial charge < -0.3 is 15.7 Å². The van der Waals surface area contributed by atoms with Crippen molar-refractivity contribution in [1.29, 1.82) is 0 Å². The molecule has 2 aromatic carbocycles. The molecule has 10 heteroatoms. The molecule has 7 nitrogen and oxygen atoms in total. The van der Waals surface area contributed by atoms with Crippen molar-refractivity contribution in [2.45, 2.75) is 63.6 Å². The Morgan fingerprint density at radius 2 is 1.79 bits per heavy atom. The van der Waals surface area contributed by atoms with Gasteiger partial charge >= 0.3 is 0 Å². The number of pyridine rings is 1. The zero-order valence-electron chi connectivity index (χ0n) is 22.0.